The second kappa shape index (κ2) is 4.47. The van der Waals surface area contributed by atoms with Crippen LogP contribution in [0.1, 0.15) is 17.7 Å². The Hall–Kier alpha value is -1.79. The van der Waals surface area contributed by atoms with E-state index in [0.717, 1.165) is 43.4 Å². The molecule has 0 saturated heterocycles. The number of hydrogen-bond acceptors (Lipinski definition) is 1. The van der Waals surface area contributed by atoms with Crippen molar-refractivity contribution in [1.29, 1.82) is 0 Å². The van der Waals surface area contributed by atoms with E-state index in [0.29, 0.717) is 0 Å². The van der Waals surface area contributed by atoms with E-state index >= 15 is 0 Å². The van der Waals surface area contributed by atoms with Gasteiger partial charge in [0.05, 0.1) is 0 Å². The van der Waals surface area contributed by atoms with Crippen molar-refractivity contribution in [3.8, 4) is 12.3 Å². The summed E-state index contributed by atoms with van der Waals surface area (Å²) in [6.07, 6.45) is 7.05. The average molecular weight is 242 g/mol. The first kappa shape index (κ1) is 11.3. The van der Waals surface area contributed by atoms with Crippen LogP contribution in [0.5, 0.6) is 0 Å². The summed E-state index contributed by atoms with van der Waals surface area (Å²) in [7, 11) is 0. The summed E-state index contributed by atoms with van der Waals surface area (Å²) in [4.78, 5) is 5.72. The maximum atomic E-state index is 13.3. The van der Waals surface area contributed by atoms with E-state index in [1.807, 2.05) is 6.07 Å². The molecule has 0 fully saturated rings. The Bertz CT molecular complexity index is 621. The van der Waals surface area contributed by atoms with Gasteiger partial charge in [-0.1, -0.05) is 0 Å². The quantitative estimate of drug-likeness (QED) is 0.802. The van der Waals surface area contributed by atoms with Crippen molar-refractivity contribution in [2.24, 2.45) is 0 Å². The molecule has 0 aliphatic carbocycles. The SMILES string of the molecule is C#CCCN1CCc2[nH]c3ccc(F)cc3c2C1. The van der Waals surface area contributed by atoms with Crippen LogP contribution < -0.4 is 0 Å². The predicted molar refractivity (Wildman–Crippen MR) is 70.7 cm³/mol. The fraction of sp³-hybridized carbons (Fsp3) is 0.333. The monoisotopic (exact) mass is 242 g/mol. The predicted octanol–water partition coefficient (Wildman–Crippen LogP) is 2.69. The molecule has 0 amide bonds. The van der Waals surface area contributed by atoms with E-state index in [1.165, 1.54) is 17.3 Å². The molecule has 0 unspecified atom stereocenters. The second-order valence-electron chi connectivity index (χ2n) is 4.75. The summed E-state index contributed by atoms with van der Waals surface area (Å²) in [5.74, 6) is 2.49. The molecule has 0 radical (unpaired) electrons. The number of nitrogens with one attached hydrogen (secondary N) is 1. The minimum absolute atomic E-state index is 0.176. The highest BCUT2D eigenvalue weighted by atomic mass is 19.1. The molecule has 1 aliphatic heterocycles. The molecule has 0 atom stereocenters. The van der Waals surface area contributed by atoms with E-state index in [4.69, 9.17) is 6.42 Å². The first-order chi connectivity index (χ1) is 8.78. The van der Waals surface area contributed by atoms with Gasteiger partial charge in [0.1, 0.15) is 5.82 Å². The minimum atomic E-state index is -0.176. The van der Waals surface area contributed by atoms with Crippen LogP contribution in [0.15, 0.2) is 18.2 Å². The highest BCUT2D eigenvalue weighted by molar-refractivity contribution is 5.84. The number of aromatic nitrogens is 1. The van der Waals surface area contributed by atoms with Gasteiger partial charge < -0.3 is 4.98 Å². The molecule has 0 saturated carbocycles. The van der Waals surface area contributed by atoms with Crippen LogP contribution in [-0.2, 0) is 13.0 Å². The molecule has 3 heteroatoms. The van der Waals surface area contributed by atoms with Crippen LogP contribution in [0.25, 0.3) is 10.9 Å². The molecule has 3 rings (SSSR count). The summed E-state index contributed by atoms with van der Waals surface area (Å²) in [5, 5.41) is 1.01. The molecule has 92 valence electrons. The Balaban J connectivity index is 1.96. The number of rotatable bonds is 2. The van der Waals surface area contributed by atoms with Gasteiger partial charge in [0.25, 0.3) is 0 Å². The molecule has 2 heterocycles. The van der Waals surface area contributed by atoms with Crippen molar-refractivity contribution in [3.63, 3.8) is 0 Å². The van der Waals surface area contributed by atoms with Gasteiger partial charge in [-0.25, -0.2) is 4.39 Å². The average Bonchev–Trinajstić information content (AvgIpc) is 2.74. The summed E-state index contributed by atoms with van der Waals surface area (Å²) < 4.78 is 13.3. The lowest BCUT2D eigenvalue weighted by atomic mass is 10.0. The number of nitrogens with zero attached hydrogens (tertiary/aromatic N) is 1. The lowest BCUT2D eigenvalue weighted by Gasteiger charge is -2.26. The molecule has 2 aromatic rings. The van der Waals surface area contributed by atoms with E-state index in [2.05, 4.69) is 15.8 Å². The smallest absolute Gasteiger partial charge is 0.123 e. The van der Waals surface area contributed by atoms with Gasteiger partial charge in [0.2, 0.25) is 0 Å². The van der Waals surface area contributed by atoms with Crippen molar-refractivity contribution in [2.75, 3.05) is 13.1 Å². The summed E-state index contributed by atoms with van der Waals surface area (Å²) in [6, 6.07) is 4.94. The zero-order valence-corrected chi connectivity index (χ0v) is 10.2. The van der Waals surface area contributed by atoms with Crippen LogP contribution in [0, 0.1) is 18.2 Å². The maximum absolute atomic E-state index is 13.3. The highest BCUT2D eigenvalue weighted by Gasteiger charge is 2.20. The zero-order valence-electron chi connectivity index (χ0n) is 10.2. The van der Waals surface area contributed by atoms with Gasteiger partial charge in [-0.15, -0.1) is 12.3 Å². The Morgan fingerprint density at radius 3 is 3.17 bits per heavy atom. The Labute approximate surface area is 106 Å². The van der Waals surface area contributed by atoms with Gasteiger partial charge in [-0.2, -0.15) is 0 Å². The molecule has 18 heavy (non-hydrogen) atoms. The number of halogens is 1. The number of fused-ring (bicyclic) bond motifs is 3. The van der Waals surface area contributed by atoms with Crippen molar-refractivity contribution in [3.05, 3.63) is 35.3 Å². The largest absolute Gasteiger partial charge is 0.358 e. The number of benzene rings is 1. The highest BCUT2D eigenvalue weighted by Crippen LogP contribution is 2.28. The number of aromatic amines is 1. The van der Waals surface area contributed by atoms with E-state index in [9.17, 15) is 4.39 Å². The topological polar surface area (TPSA) is 19.0 Å². The minimum Gasteiger partial charge on any atom is -0.358 e. The summed E-state index contributed by atoms with van der Waals surface area (Å²) in [6.45, 7) is 2.79. The van der Waals surface area contributed by atoms with E-state index in [-0.39, 0.29) is 5.82 Å². The Morgan fingerprint density at radius 1 is 1.44 bits per heavy atom. The normalized spacial score (nSPS) is 15.6. The molecule has 0 spiro atoms. The van der Waals surface area contributed by atoms with Crippen molar-refractivity contribution in [2.45, 2.75) is 19.4 Å². The first-order valence-corrected chi connectivity index (χ1v) is 6.23. The molecular formula is C15H15FN2. The third-order valence-corrected chi connectivity index (χ3v) is 3.59. The fourth-order valence-corrected chi connectivity index (χ4v) is 2.66. The van der Waals surface area contributed by atoms with Crippen molar-refractivity contribution in [1.82, 2.24) is 9.88 Å². The van der Waals surface area contributed by atoms with E-state index < -0.39 is 0 Å². The van der Waals surface area contributed by atoms with E-state index in [1.54, 1.807) is 6.07 Å². The molecule has 2 nitrogen and oxygen atoms in total. The molecule has 1 aromatic carbocycles. The molecular weight excluding hydrogens is 227 g/mol. The van der Waals surface area contributed by atoms with Gasteiger partial charge in [-0.05, 0) is 23.8 Å². The molecule has 1 N–H and O–H groups in total. The van der Waals surface area contributed by atoms with Crippen LogP contribution in [0.3, 0.4) is 0 Å². The summed E-state index contributed by atoms with van der Waals surface area (Å²) >= 11 is 0. The van der Waals surface area contributed by atoms with Crippen LogP contribution in [-0.4, -0.2) is 23.0 Å². The fourth-order valence-electron chi connectivity index (χ4n) is 2.66. The van der Waals surface area contributed by atoms with Crippen molar-refractivity contribution < 1.29 is 4.39 Å². The third kappa shape index (κ3) is 1.89. The summed E-state index contributed by atoms with van der Waals surface area (Å²) in [5.41, 5.74) is 3.50. The van der Waals surface area contributed by atoms with Crippen molar-refractivity contribution >= 4 is 10.9 Å². The van der Waals surface area contributed by atoms with Crippen LogP contribution in [0.2, 0.25) is 0 Å². The lowest BCUT2D eigenvalue weighted by Crippen LogP contribution is -2.30. The van der Waals surface area contributed by atoms with Gasteiger partial charge >= 0.3 is 0 Å². The molecule has 0 bridgehead atoms. The Morgan fingerprint density at radius 2 is 2.33 bits per heavy atom. The number of terminal acetylenes is 1. The van der Waals surface area contributed by atoms with Gasteiger partial charge in [0, 0.05) is 49.1 Å². The molecule has 1 aliphatic rings. The molecule has 1 aromatic heterocycles. The second-order valence-corrected chi connectivity index (χ2v) is 4.75. The number of H-pyrrole nitrogens is 1. The van der Waals surface area contributed by atoms with Crippen LogP contribution in [0.4, 0.5) is 4.39 Å². The Kier molecular flexibility index (Phi) is 2.81. The lowest BCUT2D eigenvalue weighted by molar-refractivity contribution is 0.260. The first-order valence-electron chi connectivity index (χ1n) is 6.23. The maximum Gasteiger partial charge on any atom is 0.123 e. The zero-order chi connectivity index (χ0) is 12.5. The van der Waals surface area contributed by atoms with Crippen LogP contribution >= 0.6 is 0 Å². The number of hydrogen-bond donors (Lipinski definition) is 1. The van der Waals surface area contributed by atoms with Gasteiger partial charge in [-0.3, -0.25) is 4.90 Å². The standard InChI is InChI=1S/C15H15FN2/c1-2-3-7-18-8-6-15-13(10-18)12-9-11(16)4-5-14(12)17-15/h1,4-5,9,17H,3,6-8,10H2. The third-order valence-electron chi connectivity index (χ3n) is 3.59. The van der Waals surface area contributed by atoms with Gasteiger partial charge in [0.15, 0.2) is 0 Å².